The van der Waals surface area contributed by atoms with E-state index >= 15 is 0 Å². The molecule has 1 aromatic heterocycles. The van der Waals surface area contributed by atoms with E-state index in [-0.39, 0.29) is 5.78 Å². The van der Waals surface area contributed by atoms with Crippen LogP contribution in [0.15, 0.2) is 87.9 Å². The summed E-state index contributed by atoms with van der Waals surface area (Å²) in [6.45, 7) is 0. The molecule has 0 fully saturated rings. The predicted octanol–water partition coefficient (Wildman–Crippen LogP) is 6.17. The molecule has 1 heterocycles. The molecule has 0 unspecified atom stereocenters. The van der Waals surface area contributed by atoms with E-state index in [1.807, 2.05) is 48.5 Å². The standard InChI is InChI=1S/C23H13Br2N3O/c24-18-7-3-16(4-8-18)22-21(23(29)17-5-9-19(25)10-6-17)14-27-28(22)20-11-1-15(13-26)2-12-20/h1-12,14H. The highest BCUT2D eigenvalue weighted by Crippen LogP contribution is 2.30. The summed E-state index contributed by atoms with van der Waals surface area (Å²) in [5, 5.41) is 13.6. The number of hydrogen-bond donors (Lipinski definition) is 0. The van der Waals surface area contributed by atoms with Gasteiger partial charge in [0.25, 0.3) is 0 Å². The molecule has 0 radical (unpaired) electrons. The third kappa shape index (κ3) is 3.93. The van der Waals surface area contributed by atoms with Crippen LogP contribution in [-0.4, -0.2) is 15.6 Å². The Hall–Kier alpha value is -3.01. The molecular weight excluding hydrogens is 494 g/mol. The second-order valence-corrected chi connectivity index (χ2v) is 8.15. The van der Waals surface area contributed by atoms with E-state index in [0.29, 0.717) is 22.4 Å². The first kappa shape index (κ1) is 19.3. The minimum atomic E-state index is -0.102. The third-order valence-corrected chi connectivity index (χ3v) is 5.54. The van der Waals surface area contributed by atoms with Crippen LogP contribution in [0.5, 0.6) is 0 Å². The van der Waals surface area contributed by atoms with Gasteiger partial charge < -0.3 is 0 Å². The van der Waals surface area contributed by atoms with Crippen molar-refractivity contribution in [1.29, 1.82) is 5.26 Å². The molecule has 0 aliphatic heterocycles. The highest BCUT2D eigenvalue weighted by molar-refractivity contribution is 9.10. The van der Waals surface area contributed by atoms with Crippen LogP contribution in [0, 0.1) is 11.3 Å². The van der Waals surface area contributed by atoms with Crippen LogP contribution in [0.4, 0.5) is 0 Å². The van der Waals surface area contributed by atoms with Crippen molar-refractivity contribution < 1.29 is 4.79 Å². The van der Waals surface area contributed by atoms with E-state index in [9.17, 15) is 4.79 Å². The van der Waals surface area contributed by atoms with Crippen LogP contribution in [-0.2, 0) is 0 Å². The van der Waals surface area contributed by atoms with E-state index in [1.165, 1.54) is 0 Å². The van der Waals surface area contributed by atoms with Crippen molar-refractivity contribution in [2.75, 3.05) is 0 Å². The molecule has 4 rings (SSSR count). The zero-order chi connectivity index (χ0) is 20.4. The topological polar surface area (TPSA) is 58.7 Å². The molecule has 4 nitrogen and oxygen atoms in total. The summed E-state index contributed by atoms with van der Waals surface area (Å²) in [5.74, 6) is -0.102. The highest BCUT2D eigenvalue weighted by Gasteiger charge is 2.21. The molecule has 140 valence electrons. The molecular formula is C23H13Br2N3O. The van der Waals surface area contributed by atoms with Crippen molar-refractivity contribution in [2.45, 2.75) is 0 Å². The number of carbonyl (C=O) groups excluding carboxylic acids is 1. The molecule has 0 atom stereocenters. The van der Waals surface area contributed by atoms with Gasteiger partial charge in [0.05, 0.1) is 34.8 Å². The molecule has 0 saturated carbocycles. The quantitative estimate of drug-likeness (QED) is 0.311. The maximum absolute atomic E-state index is 13.2. The number of benzene rings is 3. The molecule has 0 aliphatic rings. The van der Waals surface area contributed by atoms with Gasteiger partial charge in [0.1, 0.15) is 0 Å². The van der Waals surface area contributed by atoms with Gasteiger partial charge in [-0.25, -0.2) is 4.68 Å². The summed E-state index contributed by atoms with van der Waals surface area (Å²) in [6, 6.07) is 24.2. The van der Waals surface area contributed by atoms with Gasteiger partial charge in [-0.3, -0.25) is 4.79 Å². The number of nitrogens with zero attached hydrogens (tertiary/aromatic N) is 3. The van der Waals surface area contributed by atoms with Crippen molar-refractivity contribution >= 4 is 37.6 Å². The Bertz CT molecular complexity index is 1220. The van der Waals surface area contributed by atoms with Gasteiger partial charge in [0.2, 0.25) is 0 Å². The Morgan fingerprint density at radius 2 is 1.45 bits per heavy atom. The van der Waals surface area contributed by atoms with Crippen LogP contribution < -0.4 is 0 Å². The van der Waals surface area contributed by atoms with Crippen LogP contribution >= 0.6 is 31.9 Å². The molecule has 3 aromatic carbocycles. The number of halogens is 2. The largest absolute Gasteiger partial charge is 0.288 e. The first-order valence-corrected chi connectivity index (χ1v) is 10.3. The average molecular weight is 507 g/mol. The van der Waals surface area contributed by atoms with Crippen LogP contribution in [0.3, 0.4) is 0 Å². The minimum absolute atomic E-state index is 0.102. The molecule has 0 aliphatic carbocycles. The number of carbonyl (C=O) groups is 1. The fourth-order valence-corrected chi connectivity index (χ4v) is 3.56. The minimum Gasteiger partial charge on any atom is -0.288 e. The number of rotatable bonds is 4. The van der Waals surface area contributed by atoms with Crippen LogP contribution in [0.25, 0.3) is 16.9 Å². The Kier molecular flexibility index (Phi) is 5.43. The number of aromatic nitrogens is 2. The van der Waals surface area contributed by atoms with Crippen molar-refractivity contribution in [3.05, 3.63) is 105 Å². The first-order valence-electron chi connectivity index (χ1n) is 8.71. The Balaban J connectivity index is 1.88. The lowest BCUT2D eigenvalue weighted by molar-refractivity contribution is 0.103. The molecule has 0 N–H and O–H groups in total. The average Bonchev–Trinajstić information content (AvgIpc) is 3.19. The SMILES string of the molecule is N#Cc1ccc(-n2ncc(C(=O)c3ccc(Br)cc3)c2-c2ccc(Br)cc2)cc1. The van der Waals surface area contributed by atoms with Crippen LogP contribution in [0.1, 0.15) is 21.5 Å². The Morgan fingerprint density at radius 3 is 2.03 bits per heavy atom. The van der Waals surface area contributed by atoms with E-state index in [4.69, 9.17) is 5.26 Å². The number of ketones is 1. The second-order valence-electron chi connectivity index (χ2n) is 6.32. The molecule has 0 saturated heterocycles. The van der Waals surface area contributed by atoms with Gasteiger partial charge in [0, 0.05) is 20.1 Å². The van der Waals surface area contributed by atoms with Gasteiger partial charge in [-0.05, 0) is 60.7 Å². The molecule has 0 bridgehead atoms. The molecule has 29 heavy (non-hydrogen) atoms. The van der Waals surface area contributed by atoms with Crippen molar-refractivity contribution in [1.82, 2.24) is 9.78 Å². The van der Waals surface area contributed by atoms with Crippen molar-refractivity contribution in [3.8, 4) is 23.0 Å². The van der Waals surface area contributed by atoms with Gasteiger partial charge in [0.15, 0.2) is 5.78 Å². The summed E-state index contributed by atoms with van der Waals surface area (Å²) < 4.78 is 3.60. The molecule has 6 heteroatoms. The Morgan fingerprint density at radius 1 is 0.862 bits per heavy atom. The summed E-state index contributed by atoms with van der Waals surface area (Å²) >= 11 is 6.85. The summed E-state index contributed by atoms with van der Waals surface area (Å²) in [4.78, 5) is 13.2. The van der Waals surface area contributed by atoms with E-state index in [2.05, 4.69) is 43.0 Å². The maximum Gasteiger partial charge on any atom is 0.196 e. The lowest BCUT2D eigenvalue weighted by atomic mass is 10.00. The lowest BCUT2D eigenvalue weighted by Crippen LogP contribution is -2.05. The Labute approximate surface area is 184 Å². The predicted molar refractivity (Wildman–Crippen MR) is 119 cm³/mol. The second kappa shape index (κ2) is 8.16. The fraction of sp³-hybridized carbons (Fsp3) is 0. The number of nitriles is 1. The summed E-state index contributed by atoms with van der Waals surface area (Å²) in [6.07, 6.45) is 1.60. The van der Waals surface area contributed by atoms with E-state index < -0.39 is 0 Å². The van der Waals surface area contributed by atoms with Gasteiger partial charge in [-0.1, -0.05) is 44.0 Å². The summed E-state index contributed by atoms with van der Waals surface area (Å²) in [5.41, 5.74) is 4.02. The normalized spacial score (nSPS) is 10.5. The third-order valence-electron chi connectivity index (χ3n) is 4.48. The van der Waals surface area contributed by atoms with Crippen molar-refractivity contribution in [3.63, 3.8) is 0 Å². The lowest BCUT2D eigenvalue weighted by Gasteiger charge is -2.10. The zero-order valence-electron chi connectivity index (χ0n) is 15.0. The summed E-state index contributed by atoms with van der Waals surface area (Å²) in [7, 11) is 0. The highest BCUT2D eigenvalue weighted by atomic mass is 79.9. The zero-order valence-corrected chi connectivity index (χ0v) is 18.2. The first-order chi connectivity index (χ1) is 14.1. The monoisotopic (exact) mass is 505 g/mol. The van der Waals surface area contributed by atoms with Gasteiger partial charge in [-0.15, -0.1) is 0 Å². The molecule has 0 amide bonds. The number of hydrogen-bond acceptors (Lipinski definition) is 3. The molecule has 4 aromatic rings. The van der Waals surface area contributed by atoms with Gasteiger partial charge in [-0.2, -0.15) is 10.4 Å². The van der Waals surface area contributed by atoms with E-state index in [1.54, 1.807) is 35.1 Å². The maximum atomic E-state index is 13.2. The van der Waals surface area contributed by atoms with Crippen LogP contribution in [0.2, 0.25) is 0 Å². The van der Waals surface area contributed by atoms with Crippen molar-refractivity contribution in [2.24, 2.45) is 0 Å². The van der Waals surface area contributed by atoms with E-state index in [0.717, 1.165) is 20.2 Å². The smallest absolute Gasteiger partial charge is 0.196 e. The fourth-order valence-electron chi connectivity index (χ4n) is 3.03. The molecule has 0 spiro atoms. The van der Waals surface area contributed by atoms with Gasteiger partial charge >= 0.3 is 0 Å².